The van der Waals surface area contributed by atoms with Crippen LogP contribution in [0.4, 0.5) is 0 Å². The molecule has 0 bridgehead atoms. The van der Waals surface area contributed by atoms with Crippen molar-refractivity contribution < 1.29 is 4.74 Å². The summed E-state index contributed by atoms with van der Waals surface area (Å²) in [5.41, 5.74) is 4.15. The van der Waals surface area contributed by atoms with Gasteiger partial charge in [0.25, 0.3) is 0 Å². The highest BCUT2D eigenvalue weighted by atomic mass is 16.5. The summed E-state index contributed by atoms with van der Waals surface area (Å²) >= 11 is 0. The van der Waals surface area contributed by atoms with Crippen LogP contribution in [0.2, 0.25) is 0 Å². The first-order valence-electron chi connectivity index (χ1n) is 5.38. The Morgan fingerprint density at radius 2 is 1.93 bits per heavy atom. The summed E-state index contributed by atoms with van der Waals surface area (Å²) in [6.45, 7) is 6.71. The predicted molar refractivity (Wildman–Crippen MR) is 63.9 cm³/mol. The van der Waals surface area contributed by atoms with Gasteiger partial charge in [0, 0.05) is 7.11 Å². The SMILES string of the molecule is COC1C=Cc2ccc(C(C)(C)C)cc21. The van der Waals surface area contributed by atoms with Crippen molar-refractivity contribution in [1.82, 2.24) is 0 Å². The number of methoxy groups -OCH3 is 1. The summed E-state index contributed by atoms with van der Waals surface area (Å²) in [4.78, 5) is 0. The van der Waals surface area contributed by atoms with Crippen LogP contribution < -0.4 is 0 Å². The molecule has 0 radical (unpaired) electrons. The number of hydrogen-bond donors (Lipinski definition) is 0. The topological polar surface area (TPSA) is 9.23 Å². The van der Waals surface area contributed by atoms with Gasteiger partial charge in [0.1, 0.15) is 6.10 Å². The highest BCUT2D eigenvalue weighted by Crippen LogP contribution is 2.34. The van der Waals surface area contributed by atoms with E-state index in [0.29, 0.717) is 0 Å². The fraction of sp³-hybridized carbons (Fsp3) is 0.429. The molecule has 1 unspecified atom stereocenters. The zero-order chi connectivity index (χ0) is 11.1. The summed E-state index contributed by atoms with van der Waals surface area (Å²) in [7, 11) is 1.76. The van der Waals surface area contributed by atoms with E-state index in [1.807, 2.05) is 0 Å². The molecule has 0 spiro atoms. The molecule has 1 aromatic rings. The van der Waals surface area contributed by atoms with Crippen molar-refractivity contribution >= 4 is 6.08 Å². The first kappa shape index (κ1) is 10.4. The Balaban J connectivity index is 2.44. The summed E-state index contributed by atoms with van der Waals surface area (Å²) in [5.74, 6) is 0. The molecule has 0 saturated heterocycles. The Labute approximate surface area is 91.8 Å². The lowest BCUT2D eigenvalue weighted by molar-refractivity contribution is 0.145. The minimum Gasteiger partial charge on any atom is -0.373 e. The maximum absolute atomic E-state index is 5.42. The molecule has 1 aliphatic rings. The van der Waals surface area contributed by atoms with Crippen molar-refractivity contribution in [3.05, 3.63) is 41.0 Å². The summed E-state index contributed by atoms with van der Waals surface area (Å²) in [6.07, 6.45) is 4.38. The van der Waals surface area contributed by atoms with E-state index in [4.69, 9.17) is 4.74 Å². The zero-order valence-corrected chi connectivity index (χ0v) is 9.87. The Bertz CT molecular complexity index is 396. The van der Waals surface area contributed by atoms with Gasteiger partial charge in [0.15, 0.2) is 0 Å². The standard InChI is InChI=1S/C14H18O/c1-14(2,3)11-7-5-10-6-8-13(15-4)12(10)9-11/h5-9,13H,1-4H3. The quantitative estimate of drug-likeness (QED) is 0.674. The highest BCUT2D eigenvalue weighted by Gasteiger charge is 2.20. The van der Waals surface area contributed by atoms with E-state index in [1.54, 1.807) is 7.11 Å². The second kappa shape index (κ2) is 3.49. The smallest absolute Gasteiger partial charge is 0.101 e. The van der Waals surface area contributed by atoms with Gasteiger partial charge in [0.05, 0.1) is 0 Å². The molecule has 0 fully saturated rings. The third kappa shape index (κ3) is 1.84. The Morgan fingerprint density at radius 3 is 2.53 bits per heavy atom. The maximum atomic E-state index is 5.42. The second-order valence-electron chi connectivity index (χ2n) is 5.11. The summed E-state index contributed by atoms with van der Waals surface area (Å²) in [5, 5.41) is 0. The van der Waals surface area contributed by atoms with Crippen LogP contribution in [0.25, 0.3) is 6.08 Å². The average molecular weight is 202 g/mol. The van der Waals surface area contributed by atoms with Crippen LogP contribution in [0.3, 0.4) is 0 Å². The van der Waals surface area contributed by atoms with Crippen LogP contribution in [0.1, 0.15) is 43.6 Å². The molecular formula is C14H18O. The van der Waals surface area contributed by atoms with Gasteiger partial charge >= 0.3 is 0 Å². The minimum absolute atomic E-state index is 0.141. The Hall–Kier alpha value is -1.08. The summed E-state index contributed by atoms with van der Waals surface area (Å²) < 4.78 is 5.42. The summed E-state index contributed by atoms with van der Waals surface area (Å²) in [6, 6.07) is 6.66. The van der Waals surface area contributed by atoms with Gasteiger partial charge in [-0.3, -0.25) is 0 Å². The van der Waals surface area contributed by atoms with Crippen molar-refractivity contribution in [2.24, 2.45) is 0 Å². The van der Waals surface area contributed by atoms with Gasteiger partial charge in [-0.25, -0.2) is 0 Å². The van der Waals surface area contributed by atoms with Crippen LogP contribution in [0, 0.1) is 0 Å². The number of hydrogen-bond acceptors (Lipinski definition) is 1. The van der Waals surface area contributed by atoms with Crippen molar-refractivity contribution in [2.45, 2.75) is 32.3 Å². The molecule has 0 aromatic heterocycles. The first-order chi connectivity index (χ1) is 7.02. The van der Waals surface area contributed by atoms with Gasteiger partial charge in [0.2, 0.25) is 0 Å². The lowest BCUT2D eigenvalue weighted by Gasteiger charge is -2.21. The van der Waals surface area contributed by atoms with Crippen LogP contribution in [-0.2, 0) is 10.2 Å². The van der Waals surface area contributed by atoms with Gasteiger partial charge in [-0.1, -0.05) is 51.1 Å². The zero-order valence-electron chi connectivity index (χ0n) is 9.87. The molecule has 15 heavy (non-hydrogen) atoms. The highest BCUT2D eigenvalue weighted by molar-refractivity contribution is 5.62. The van der Waals surface area contributed by atoms with Gasteiger partial charge < -0.3 is 4.74 Å². The average Bonchev–Trinajstić information content (AvgIpc) is 2.57. The lowest BCUT2D eigenvalue weighted by Crippen LogP contribution is -2.12. The number of rotatable bonds is 1. The predicted octanol–water partition coefficient (Wildman–Crippen LogP) is 3.70. The Morgan fingerprint density at radius 1 is 1.20 bits per heavy atom. The van der Waals surface area contributed by atoms with Crippen molar-refractivity contribution in [3.8, 4) is 0 Å². The molecule has 0 amide bonds. The van der Waals surface area contributed by atoms with E-state index in [2.05, 4.69) is 51.1 Å². The lowest BCUT2D eigenvalue weighted by atomic mass is 9.85. The molecule has 0 heterocycles. The Kier molecular flexibility index (Phi) is 2.43. The third-order valence-corrected chi connectivity index (χ3v) is 2.96. The minimum atomic E-state index is 0.141. The molecule has 1 aromatic carbocycles. The molecular weight excluding hydrogens is 184 g/mol. The fourth-order valence-electron chi connectivity index (χ4n) is 1.94. The normalized spacial score (nSPS) is 19.3. The molecule has 0 saturated carbocycles. The van der Waals surface area contributed by atoms with E-state index < -0.39 is 0 Å². The monoisotopic (exact) mass is 202 g/mol. The van der Waals surface area contributed by atoms with E-state index in [0.717, 1.165) is 0 Å². The molecule has 0 aliphatic heterocycles. The fourth-order valence-corrected chi connectivity index (χ4v) is 1.94. The first-order valence-corrected chi connectivity index (χ1v) is 5.38. The molecule has 2 rings (SSSR count). The number of benzene rings is 1. The molecule has 1 atom stereocenters. The maximum Gasteiger partial charge on any atom is 0.101 e. The number of fused-ring (bicyclic) bond motifs is 1. The molecule has 0 N–H and O–H groups in total. The molecule has 1 nitrogen and oxygen atoms in total. The van der Waals surface area contributed by atoms with Crippen LogP contribution >= 0.6 is 0 Å². The van der Waals surface area contributed by atoms with Crippen LogP contribution in [0.15, 0.2) is 24.3 Å². The van der Waals surface area contributed by atoms with E-state index >= 15 is 0 Å². The van der Waals surface area contributed by atoms with Gasteiger partial charge in [-0.15, -0.1) is 0 Å². The van der Waals surface area contributed by atoms with Gasteiger partial charge in [-0.2, -0.15) is 0 Å². The number of ether oxygens (including phenoxy) is 1. The largest absolute Gasteiger partial charge is 0.373 e. The van der Waals surface area contributed by atoms with E-state index in [9.17, 15) is 0 Å². The van der Waals surface area contributed by atoms with Crippen molar-refractivity contribution in [2.75, 3.05) is 7.11 Å². The third-order valence-electron chi connectivity index (χ3n) is 2.96. The van der Waals surface area contributed by atoms with Crippen molar-refractivity contribution in [1.29, 1.82) is 0 Å². The van der Waals surface area contributed by atoms with E-state index in [1.165, 1.54) is 16.7 Å². The molecule has 80 valence electrons. The molecule has 1 aliphatic carbocycles. The van der Waals surface area contributed by atoms with Crippen molar-refractivity contribution in [3.63, 3.8) is 0 Å². The van der Waals surface area contributed by atoms with Crippen LogP contribution in [0.5, 0.6) is 0 Å². The van der Waals surface area contributed by atoms with Crippen LogP contribution in [-0.4, -0.2) is 7.11 Å². The van der Waals surface area contributed by atoms with E-state index in [-0.39, 0.29) is 11.5 Å². The second-order valence-corrected chi connectivity index (χ2v) is 5.11. The molecule has 1 heteroatoms. The van der Waals surface area contributed by atoms with Gasteiger partial charge in [-0.05, 0) is 22.1 Å².